The summed E-state index contributed by atoms with van der Waals surface area (Å²) in [6.45, 7) is 6.28. The number of nitrogens with one attached hydrogen (secondary N) is 1. The minimum absolute atomic E-state index is 0.0446. The zero-order valence-electron chi connectivity index (χ0n) is 13.4. The van der Waals surface area contributed by atoms with Gasteiger partial charge in [-0.15, -0.1) is 0 Å². The molecule has 23 heavy (non-hydrogen) atoms. The van der Waals surface area contributed by atoms with Crippen LogP contribution in [0.4, 0.5) is 0 Å². The molecule has 1 aromatic carbocycles. The van der Waals surface area contributed by atoms with E-state index in [2.05, 4.69) is 30.9 Å². The number of H-pyrrole nitrogens is 1. The van der Waals surface area contributed by atoms with Crippen LogP contribution in [0, 0.1) is 0 Å². The molecule has 0 aliphatic heterocycles. The monoisotopic (exact) mass is 325 g/mol. The molecule has 0 unspecified atom stereocenters. The molecule has 3 aromatic rings. The maximum absolute atomic E-state index is 12.9. The van der Waals surface area contributed by atoms with Gasteiger partial charge in [0.15, 0.2) is 0 Å². The van der Waals surface area contributed by atoms with Crippen LogP contribution in [0.3, 0.4) is 0 Å². The largest absolute Gasteiger partial charge is 0.293 e. The van der Waals surface area contributed by atoms with Gasteiger partial charge in [0, 0.05) is 11.6 Å². The molecule has 3 rings (SSSR count). The Morgan fingerprint density at radius 3 is 2.35 bits per heavy atom. The van der Waals surface area contributed by atoms with Crippen LogP contribution in [-0.4, -0.2) is 14.8 Å². The van der Waals surface area contributed by atoms with Gasteiger partial charge in [0.1, 0.15) is 9.92 Å². The second kappa shape index (κ2) is 6.08. The lowest BCUT2D eigenvalue weighted by atomic mass is 9.92. The van der Waals surface area contributed by atoms with Crippen molar-refractivity contribution in [2.45, 2.75) is 36.1 Å². The van der Waals surface area contributed by atoms with Gasteiger partial charge < -0.3 is 0 Å². The smallest absolute Gasteiger partial charge is 0.285 e. The number of rotatable bonds is 3. The van der Waals surface area contributed by atoms with Gasteiger partial charge in [0.2, 0.25) is 0 Å². The number of aromatic nitrogens is 3. The lowest BCUT2D eigenvalue weighted by molar-refractivity contribution is 0.550. The Bertz CT molecular complexity index is 845. The fourth-order valence-electron chi connectivity index (χ4n) is 2.30. The Balaban J connectivity index is 2.14. The standard InChI is InChI=1S/C18H19N3OS/c1-18(2,3)16-15(23-14-11-7-8-12-19-14)17(22)21(20-16)13-9-5-4-6-10-13/h4-12,20H,1-3H3. The third-order valence-electron chi connectivity index (χ3n) is 3.46. The highest BCUT2D eigenvalue weighted by atomic mass is 32.2. The van der Waals surface area contributed by atoms with E-state index in [-0.39, 0.29) is 11.0 Å². The zero-order chi connectivity index (χ0) is 16.4. The van der Waals surface area contributed by atoms with Gasteiger partial charge in [0.05, 0.1) is 11.4 Å². The summed E-state index contributed by atoms with van der Waals surface area (Å²) in [5.41, 5.74) is 1.53. The van der Waals surface area contributed by atoms with Crippen molar-refractivity contribution in [1.29, 1.82) is 0 Å². The molecule has 2 heterocycles. The summed E-state index contributed by atoms with van der Waals surface area (Å²) in [5.74, 6) is 0. The molecule has 0 aliphatic carbocycles. The molecule has 4 nitrogen and oxygen atoms in total. The minimum atomic E-state index is -0.170. The van der Waals surface area contributed by atoms with Crippen molar-refractivity contribution in [3.8, 4) is 5.69 Å². The van der Waals surface area contributed by atoms with Gasteiger partial charge in [-0.25, -0.2) is 9.67 Å². The number of benzene rings is 1. The fraction of sp³-hybridized carbons (Fsp3) is 0.222. The van der Waals surface area contributed by atoms with E-state index in [9.17, 15) is 4.79 Å². The second-order valence-electron chi connectivity index (χ2n) is 6.31. The highest BCUT2D eigenvalue weighted by Crippen LogP contribution is 2.32. The Kier molecular flexibility index (Phi) is 4.13. The highest BCUT2D eigenvalue weighted by molar-refractivity contribution is 7.99. The van der Waals surface area contributed by atoms with Crippen molar-refractivity contribution in [2.75, 3.05) is 0 Å². The summed E-state index contributed by atoms with van der Waals surface area (Å²) in [7, 11) is 0. The van der Waals surface area contributed by atoms with Crippen molar-refractivity contribution in [3.05, 3.63) is 70.8 Å². The first-order chi connectivity index (χ1) is 11.0. The van der Waals surface area contributed by atoms with E-state index < -0.39 is 0 Å². The van der Waals surface area contributed by atoms with E-state index in [1.165, 1.54) is 11.8 Å². The predicted octanol–water partition coefficient (Wildman–Crippen LogP) is 4.01. The lowest BCUT2D eigenvalue weighted by Crippen LogP contribution is -2.15. The molecule has 0 radical (unpaired) electrons. The summed E-state index contributed by atoms with van der Waals surface area (Å²) in [5, 5.41) is 4.10. The summed E-state index contributed by atoms with van der Waals surface area (Å²) in [6, 6.07) is 15.3. The van der Waals surface area contributed by atoms with Gasteiger partial charge in [0.25, 0.3) is 5.56 Å². The lowest BCUT2D eigenvalue weighted by Gasteiger charge is -2.17. The number of hydrogen-bond donors (Lipinski definition) is 1. The molecule has 118 valence electrons. The molecular formula is C18H19N3OS. The minimum Gasteiger partial charge on any atom is -0.293 e. The fourth-order valence-corrected chi connectivity index (χ4v) is 3.40. The first kappa shape index (κ1) is 15.6. The molecule has 2 aromatic heterocycles. The topological polar surface area (TPSA) is 50.7 Å². The third kappa shape index (κ3) is 3.24. The van der Waals surface area contributed by atoms with E-state index >= 15 is 0 Å². The normalized spacial score (nSPS) is 11.6. The van der Waals surface area contributed by atoms with E-state index in [0.29, 0.717) is 4.90 Å². The van der Waals surface area contributed by atoms with Crippen molar-refractivity contribution < 1.29 is 0 Å². The van der Waals surface area contributed by atoms with Crippen LogP contribution in [0.15, 0.2) is 69.4 Å². The quantitative estimate of drug-likeness (QED) is 0.791. The van der Waals surface area contributed by atoms with Crippen LogP contribution in [0.25, 0.3) is 5.69 Å². The van der Waals surface area contributed by atoms with Crippen LogP contribution in [0.5, 0.6) is 0 Å². The summed E-state index contributed by atoms with van der Waals surface area (Å²) < 4.78 is 1.60. The Hall–Kier alpha value is -2.27. The molecule has 0 aliphatic rings. The third-order valence-corrected chi connectivity index (χ3v) is 4.49. The Morgan fingerprint density at radius 2 is 1.74 bits per heavy atom. The number of aromatic amines is 1. The maximum atomic E-state index is 12.9. The van der Waals surface area contributed by atoms with Gasteiger partial charge in [-0.1, -0.05) is 56.8 Å². The maximum Gasteiger partial charge on any atom is 0.285 e. The molecule has 0 amide bonds. The number of para-hydroxylation sites is 1. The molecule has 1 N–H and O–H groups in total. The van der Waals surface area contributed by atoms with E-state index in [0.717, 1.165) is 16.4 Å². The van der Waals surface area contributed by atoms with Crippen molar-refractivity contribution in [3.63, 3.8) is 0 Å². The molecule has 0 saturated heterocycles. The molecule has 0 saturated carbocycles. The SMILES string of the molecule is CC(C)(C)c1[nH]n(-c2ccccc2)c(=O)c1Sc1ccccn1. The van der Waals surface area contributed by atoms with Gasteiger partial charge in [-0.05, 0) is 24.3 Å². The molecule has 0 spiro atoms. The number of nitrogens with zero attached hydrogens (tertiary/aromatic N) is 2. The van der Waals surface area contributed by atoms with Crippen molar-refractivity contribution in [2.24, 2.45) is 0 Å². The van der Waals surface area contributed by atoms with Crippen LogP contribution in [0.1, 0.15) is 26.5 Å². The van der Waals surface area contributed by atoms with Gasteiger partial charge >= 0.3 is 0 Å². The molecule has 0 bridgehead atoms. The first-order valence-corrected chi connectivity index (χ1v) is 8.28. The second-order valence-corrected chi connectivity index (χ2v) is 7.34. The predicted molar refractivity (Wildman–Crippen MR) is 93.4 cm³/mol. The number of pyridine rings is 1. The first-order valence-electron chi connectivity index (χ1n) is 7.46. The van der Waals surface area contributed by atoms with Gasteiger partial charge in [-0.2, -0.15) is 0 Å². The van der Waals surface area contributed by atoms with Crippen molar-refractivity contribution >= 4 is 11.8 Å². The van der Waals surface area contributed by atoms with Gasteiger partial charge in [-0.3, -0.25) is 9.89 Å². The zero-order valence-corrected chi connectivity index (χ0v) is 14.2. The Morgan fingerprint density at radius 1 is 1.04 bits per heavy atom. The van der Waals surface area contributed by atoms with Crippen LogP contribution >= 0.6 is 11.8 Å². The average Bonchev–Trinajstić information content (AvgIpc) is 2.86. The molecule has 0 fully saturated rings. The van der Waals surface area contributed by atoms with Crippen LogP contribution in [-0.2, 0) is 5.41 Å². The summed E-state index contributed by atoms with van der Waals surface area (Å²) in [4.78, 5) is 17.9. The van der Waals surface area contributed by atoms with Crippen molar-refractivity contribution in [1.82, 2.24) is 14.8 Å². The van der Waals surface area contributed by atoms with Crippen LogP contribution in [0.2, 0.25) is 0 Å². The Labute approximate surface area is 139 Å². The van der Waals surface area contributed by atoms with E-state index in [1.807, 2.05) is 48.5 Å². The molecule has 0 atom stereocenters. The number of hydrogen-bond acceptors (Lipinski definition) is 3. The molecule has 5 heteroatoms. The summed E-state index contributed by atoms with van der Waals surface area (Å²) in [6.07, 6.45) is 1.74. The highest BCUT2D eigenvalue weighted by Gasteiger charge is 2.26. The summed E-state index contributed by atoms with van der Waals surface area (Å²) >= 11 is 1.41. The molecular weight excluding hydrogens is 306 g/mol. The van der Waals surface area contributed by atoms with E-state index in [1.54, 1.807) is 10.9 Å². The van der Waals surface area contributed by atoms with E-state index in [4.69, 9.17) is 0 Å². The average molecular weight is 325 g/mol. The van der Waals surface area contributed by atoms with Crippen LogP contribution < -0.4 is 5.56 Å².